The van der Waals surface area contributed by atoms with Gasteiger partial charge in [0.05, 0.1) is 12.8 Å². The molecule has 4 nitrogen and oxygen atoms in total. The molecule has 0 bridgehead atoms. The van der Waals surface area contributed by atoms with Crippen molar-refractivity contribution in [3.63, 3.8) is 0 Å². The van der Waals surface area contributed by atoms with Gasteiger partial charge in [-0.15, -0.1) is 0 Å². The highest BCUT2D eigenvalue weighted by Gasteiger charge is 2.20. The van der Waals surface area contributed by atoms with Crippen LogP contribution in [0.1, 0.15) is 27.2 Å². The van der Waals surface area contributed by atoms with Crippen LogP contribution in [0.3, 0.4) is 0 Å². The van der Waals surface area contributed by atoms with E-state index in [1.807, 2.05) is 6.07 Å². The van der Waals surface area contributed by atoms with Crippen LogP contribution in [-0.2, 0) is 19.5 Å². The van der Waals surface area contributed by atoms with Crippen LogP contribution in [0.5, 0.6) is 0 Å². The molecule has 3 rings (SSSR count). The summed E-state index contributed by atoms with van der Waals surface area (Å²) in [5.74, 6) is -0.395. The monoisotopic (exact) mass is 257 g/mol. The fourth-order valence-corrected chi connectivity index (χ4v) is 2.55. The highest BCUT2D eigenvalue weighted by atomic mass is 16.4. The Bertz CT molecular complexity index is 603. The van der Waals surface area contributed by atoms with Crippen LogP contribution in [0.4, 0.5) is 0 Å². The van der Waals surface area contributed by atoms with Crippen molar-refractivity contribution in [2.75, 3.05) is 6.54 Å². The number of carboxylic acid groups (broad SMARTS) is 1. The molecule has 1 N–H and O–H groups in total. The minimum atomic E-state index is -0.929. The van der Waals surface area contributed by atoms with Crippen molar-refractivity contribution in [3.05, 3.63) is 59.0 Å². The van der Waals surface area contributed by atoms with E-state index in [-0.39, 0.29) is 5.56 Å². The molecule has 98 valence electrons. The zero-order chi connectivity index (χ0) is 13.2. The molecule has 0 amide bonds. The van der Waals surface area contributed by atoms with Crippen LogP contribution in [-0.4, -0.2) is 22.5 Å². The first-order chi connectivity index (χ1) is 9.24. The lowest BCUT2D eigenvalue weighted by Crippen LogP contribution is -2.30. The Balaban J connectivity index is 1.76. The van der Waals surface area contributed by atoms with Gasteiger partial charge in [0.25, 0.3) is 0 Å². The molecule has 1 aliphatic rings. The predicted octanol–water partition coefficient (Wildman–Crippen LogP) is 2.54. The summed E-state index contributed by atoms with van der Waals surface area (Å²) in [6.07, 6.45) is 2.44. The van der Waals surface area contributed by atoms with E-state index in [0.717, 1.165) is 19.5 Å². The molecule has 0 fully saturated rings. The van der Waals surface area contributed by atoms with E-state index in [0.29, 0.717) is 12.3 Å². The highest BCUT2D eigenvalue weighted by molar-refractivity contribution is 5.88. The van der Waals surface area contributed by atoms with Crippen molar-refractivity contribution >= 4 is 5.97 Å². The maximum absolute atomic E-state index is 11.0. The van der Waals surface area contributed by atoms with Gasteiger partial charge in [-0.1, -0.05) is 24.3 Å². The molecule has 0 atom stereocenters. The fourth-order valence-electron chi connectivity index (χ4n) is 2.55. The minimum Gasteiger partial charge on any atom is -0.478 e. The Labute approximate surface area is 111 Å². The first-order valence-electron chi connectivity index (χ1n) is 6.33. The number of fused-ring (bicyclic) bond motifs is 1. The van der Waals surface area contributed by atoms with E-state index in [1.165, 1.54) is 23.5 Å². The number of furan rings is 1. The van der Waals surface area contributed by atoms with Gasteiger partial charge in [0.15, 0.2) is 0 Å². The fraction of sp³-hybridized carbons (Fsp3) is 0.267. The number of hydrogen-bond acceptors (Lipinski definition) is 3. The molecule has 2 aromatic rings. The third-order valence-corrected chi connectivity index (χ3v) is 3.55. The number of rotatable bonds is 3. The maximum Gasteiger partial charge on any atom is 0.339 e. The molecule has 0 aliphatic carbocycles. The van der Waals surface area contributed by atoms with Gasteiger partial charge < -0.3 is 9.52 Å². The lowest BCUT2D eigenvalue weighted by molar-refractivity contribution is 0.0692. The topological polar surface area (TPSA) is 53.7 Å². The molecule has 0 saturated carbocycles. The molecule has 0 unspecified atom stereocenters. The zero-order valence-corrected chi connectivity index (χ0v) is 10.5. The highest BCUT2D eigenvalue weighted by Crippen LogP contribution is 2.21. The van der Waals surface area contributed by atoms with E-state index >= 15 is 0 Å². The first kappa shape index (κ1) is 12.0. The Morgan fingerprint density at radius 1 is 1.26 bits per heavy atom. The van der Waals surface area contributed by atoms with Gasteiger partial charge in [-0.2, -0.15) is 0 Å². The molecule has 1 aromatic heterocycles. The zero-order valence-electron chi connectivity index (χ0n) is 10.5. The van der Waals surface area contributed by atoms with Crippen molar-refractivity contribution in [3.8, 4) is 0 Å². The summed E-state index contributed by atoms with van der Waals surface area (Å²) < 4.78 is 5.29. The molecule has 0 radical (unpaired) electrons. The van der Waals surface area contributed by atoms with Crippen molar-refractivity contribution in [2.45, 2.75) is 19.5 Å². The second-order valence-corrected chi connectivity index (χ2v) is 4.79. The van der Waals surface area contributed by atoms with Crippen LogP contribution in [0.25, 0.3) is 0 Å². The van der Waals surface area contributed by atoms with Crippen molar-refractivity contribution in [1.29, 1.82) is 0 Å². The number of hydrogen-bond donors (Lipinski definition) is 1. The van der Waals surface area contributed by atoms with E-state index in [9.17, 15) is 4.79 Å². The minimum absolute atomic E-state index is 0.263. The number of aromatic carboxylic acids is 1. The van der Waals surface area contributed by atoms with E-state index in [1.54, 1.807) is 0 Å². The van der Waals surface area contributed by atoms with E-state index < -0.39 is 5.97 Å². The Hall–Kier alpha value is -2.07. The number of benzene rings is 1. The largest absolute Gasteiger partial charge is 0.478 e. The van der Waals surface area contributed by atoms with Gasteiger partial charge in [-0.25, -0.2) is 4.79 Å². The second kappa shape index (κ2) is 4.90. The van der Waals surface area contributed by atoms with Gasteiger partial charge in [-0.05, 0) is 23.6 Å². The SMILES string of the molecule is O=C(O)c1ccoc1CN1CCc2ccccc2C1. The van der Waals surface area contributed by atoms with Crippen molar-refractivity contribution < 1.29 is 14.3 Å². The Kier molecular flexibility index (Phi) is 3.09. The summed E-state index contributed by atoms with van der Waals surface area (Å²) >= 11 is 0. The lowest BCUT2D eigenvalue weighted by Gasteiger charge is -2.28. The average molecular weight is 257 g/mol. The maximum atomic E-state index is 11.0. The molecule has 1 aromatic carbocycles. The van der Waals surface area contributed by atoms with Crippen LogP contribution in [0.15, 0.2) is 41.0 Å². The molecular weight excluding hydrogens is 242 g/mol. The second-order valence-electron chi connectivity index (χ2n) is 4.79. The molecule has 4 heteroatoms. The molecule has 0 spiro atoms. The van der Waals surface area contributed by atoms with Crippen molar-refractivity contribution in [2.24, 2.45) is 0 Å². The third-order valence-electron chi connectivity index (χ3n) is 3.55. The lowest BCUT2D eigenvalue weighted by atomic mass is 10.00. The third kappa shape index (κ3) is 2.39. The number of nitrogens with zero attached hydrogens (tertiary/aromatic N) is 1. The normalized spacial score (nSPS) is 15.2. The molecular formula is C15H15NO3. The van der Waals surface area contributed by atoms with Crippen LogP contribution < -0.4 is 0 Å². The average Bonchev–Trinajstić information content (AvgIpc) is 2.87. The van der Waals surface area contributed by atoms with Crippen molar-refractivity contribution in [1.82, 2.24) is 4.90 Å². The first-order valence-corrected chi connectivity index (χ1v) is 6.33. The molecule has 1 aliphatic heterocycles. The van der Waals surface area contributed by atoms with Crippen LogP contribution in [0, 0.1) is 0 Å². The van der Waals surface area contributed by atoms with Gasteiger partial charge >= 0.3 is 5.97 Å². The van der Waals surface area contributed by atoms with Gasteiger partial charge in [0.1, 0.15) is 11.3 Å². The van der Waals surface area contributed by atoms with Crippen LogP contribution >= 0.6 is 0 Å². The summed E-state index contributed by atoms with van der Waals surface area (Å²) in [4.78, 5) is 13.3. The molecule has 19 heavy (non-hydrogen) atoms. The van der Waals surface area contributed by atoms with E-state index in [2.05, 4.69) is 23.1 Å². The van der Waals surface area contributed by atoms with Gasteiger partial charge in [-0.3, -0.25) is 4.90 Å². The standard InChI is InChI=1S/C15H15NO3/c17-15(18)13-6-8-19-14(13)10-16-7-5-11-3-1-2-4-12(11)9-16/h1-4,6,8H,5,7,9-10H2,(H,17,18). The molecule has 0 saturated heterocycles. The summed E-state index contributed by atoms with van der Waals surface area (Å²) in [6.45, 7) is 2.32. The van der Waals surface area contributed by atoms with Gasteiger partial charge in [0, 0.05) is 13.1 Å². The summed E-state index contributed by atoms with van der Waals surface area (Å²) in [7, 11) is 0. The van der Waals surface area contributed by atoms with Crippen LogP contribution in [0.2, 0.25) is 0 Å². The number of carboxylic acids is 1. The summed E-state index contributed by atoms with van der Waals surface area (Å²) in [6, 6.07) is 9.89. The summed E-state index contributed by atoms with van der Waals surface area (Å²) in [5.41, 5.74) is 2.97. The Morgan fingerprint density at radius 2 is 2.05 bits per heavy atom. The predicted molar refractivity (Wildman–Crippen MR) is 69.9 cm³/mol. The summed E-state index contributed by atoms with van der Waals surface area (Å²) in [5, 5.41) is 9.06. The number of carbonyl (C=O) groups is 1. The Morgan fingerprint density at radius 3 is 2.84 bits per heavy atom. The molecule has 2 heterocycles. The van der Waals surface area contributed by atoms with E-state index in [4.69, 9.17) is 9.52 Å². The quantitative estimate of drug-likeness (QED) is 0.918. The van der Waals surface area contributed by atoms with Gasteiger partial charge in [0.2, 0.25) is 0 Å². The smallest absolute Gasteiger partial charge is 0.339 e.